The maximum atomic E-state index is 12.3. The Kier molecular flexibility index (Phi) is 11.1. The van der Waals surface area contributed by atoms with Crippen molar-refractivity contribution in [1.29, 1.82) is 0 Å². The molecule has 2 unspecified atom stereocenters. The molecular formula is C21H35OS+. The Morgan fingerprint density at radius 2 is 1.52 bits per heavy atom. The van der Waals surface area contributed by atoms with E-state index in [1.54, 1.807) is 0 Å². The third-order valence-electron chi connectivity index (χ3n) is 4.61. The van der Waals surface area contributed by atoms with Gasteiger partial charge in [0.15, 0.2) is 5.75 Å². The second kappa shape index (κ2) is 12.6. The van der Waals surface area contributed by atoms with Crippen molar-refractivity contribution in [3.8, 4) is 0 Å². The second-order valence-corrected chi connectivity index (χ2v) is 9.17. The molecule has 0 aliphatic heterocycles. The van der Waals surface area contributed by atoms with E-state index in [9.17, 15) is 4.79 Å². The first-order chi connectivity index (χ1) is 11.1. The number of hydrogen-bond donors (Lipinski definition) is 0. The van der Waals surface area contributed by atoms with Crippen LogP contribution in [-0.2, 0) is 10.9 Å². The van der Waals surface area contributed by atoms with E-state index in [0.29, 0.717) is 16.8 Å². The summed E-state index contributed by atoms with van der Waals surface area (Å²) in [6.45, 7) is 4.59. The van der Waals surface area contributed by atoms with Crippen LogP contribution in [-0.4, -0.2) is 23.0 Å². The van der Waals surface area contributed by atoms with Gasteiger partial charge in [-0.3, -0.25) is 4.79 Å². The number of hydrogen-bond acceptors (Lipinski definition) is 1. The average molecular weight is 336 g/mol. The molecule has 0 saturated carbocycles. The molecule has 0 fully saturated rings. The largest absolute Gasteiger partial charge is 0.289 e. The molecule has 0 aliphatic rings. The van der Waals surface area contributed by atoms with Crippen molar-refractivity contribution in [2.75, 3.05) is 12.0 Å². The van der Waals surface area contributed by atoms with E-state index in [4.69, 9.17) is 0 Å². The summed E-state index contributed by atoms with van der Waals surface area (Å²) < 4.78 is 0. The summed E-state index contributed by atoms with van der Waals surface area (Å²) in [6.07, 6.45) is 14.6. The van der Waals surface area contributed by atoms with E-state index in [2.05, 4.69) is 20.1 Å². The van der Waals surface area contributed by atoms with Crippen LogP contribution in [0.3, 0.4) is 0 Å². The number of Topliss-reactive ketones (excluding diaryl/α,β-unsaturated/α-hetero) is 1. The molecule has 130 valence electrons. The quantitative estimate of drug-likeness (QED) is 0.244. The number of carbonyl (C=O) groups is 1. The maximum Gasteiger partial charge on any atom is 0.211 e. The normalized spacial score (nSPS) is 13.7. The lowest BCUT2D eigenvalue weighted by atomic mass is 10.1. The zero-order valence-corrected chi connectivity index (χ0v) is 16.2. The second-order valence-electron chi connectivity index (χ2n) is 6.70. The molecule has 0 radical (unpaired) electrons. The fourth-order valence-electron chi connectivity index (χ4n) is 2.82. The lowest BCUT2D eigenvalue weighted by Crippen LogP contribution is -2.25. The van der Waals surface area contributed by atoms with Crippen LogP contribution in [0.25, 0.3) is 0 Å². The number of ketones is 1. The number of benzene rings is 1. The third kappa shape index (κ3) is 9.20. The van der Waals surface area contributed by atoms with Gasteiger partial charge in [-0.15, -0.1) is 0 Å². The van der Waals surface area contributed by atoms with Crippen LogP contribution in [0.4, 0.5) is 0 Å². The van der Waals surface area contributed by atoms with Gasteiger partial charge in [0.05, 0.1) is 6.26 Å². The molecule has 0 N–H and O–H groups in total. The van der Waals surface area contributed by atoms with Crippen LogP contribution >= 0.6 is 0 Å². The molecule has 0 amide bonds. The highest BCUT2D eigenvalue weighted by Gasteiger charge is 2.24. The van der Waals surface area contributed by atoms with E-state index in [-0.39, 0.29) is 10.9 Å². The maximum absolute atomic E-state index is 12.3. The molecule has 0 spiro atoms. The molecular weight excluding hydrogens is 300 g/mol. The minimum atomic E-state index is 0.194. The first-order valence-electron chi connectivity index (χ1n) is 9.34. The molecule has 0 heterocycles. The summed E-state index contributed by atoms with van der Waals surface area (Å²) >= 11 is 0. The monoisotopic (exact) mass is 335 g/mol. The first kappa shape index (κ1) is 20.3. The molecule has 2 heteroatoms. The van der Waals surface area contributed by atoms with E-state index in [1.165, 1.54) is 57.8 Å². The summed E-state index contributed by atoms with van der Waals surface area (Å²) in [5.41, 5.74) is 0.867. The molecule has 0 aromatic heterocycles. The van der Waals surface area contributed by atoms with E-state index in [1.807, 2.05) is 30.3 Å². The van der Waals surface area contributed by atoms with Gasteiger partial charge in [-0.25, -0.2) is 0 Å². The summed E-state index contributed by atoms with van der Waals surface area (Å²) in [5.74, 6) is 1.02. The van der Waals surface area contributed by atoms with Gasteiger partial charge < -0.3 is 0 Å². The summed E-state index contributed by atoms with van der Waals surface area (Å²) in [4.78, 5) is 12.3. The minimum absolute atomic E-state index is 0.194. The first-order valence-corrected chi connectivity index (χ1v) is 11.2. The van der Waals surface area contributed by atoms with E-state index in [0.717, 1.165) is 5.56 Å². The lowest BCUT2D eigenvalue weighted by molar-refractivity contribution is 0.102. The van der Waals surface area contributed by atoms with Crippen LogP contribution in [0.15, 0.2) is 30.3 Å². The fourth-order valence-corrected chi connectivity index (χ4v) is 4.26. The van der Waals surface area contributed by atoms with Gasteiger partial charge >= 0.3 is 0 Å². The van der Waals surface area contributed by atoms with Crippen molar-refractivity contribution in [3.63, 3.8) is 0 Å². The van der Waals surface area contributed by atoms with Crippen LogP contribution < -0.4 is 0 Å². The molecule has 0 bridgehead atoms. The topological polar surface area (TPSA) is 17.1 Å². The Balaban J connectivity index is 2.12. The molecule has 0 aliphatic carbocycles. The van der Waals surface area contributed by atoms with Gasteiger partial charge in [0, 0.05) is 5.56 Å². The highest BCUT2D eigenvalue weighted by atomic mass is 32.2. The summed E-state index contributed by atoms with van der Waals surface area (Å²) in [6, 6.07) is 9.73. The summed E-state index contributed by atoms with van der Waals surface area (Å²) in [5, 5.41) is 0.669. The molecule has 0 saturated heterocycles. The predicted octanol–water partition coefficient (Wildman–Crippen LogP) is 6.04. The number of carbonyl (C=O) groups excluding carboxylic acids is 1. The van der Waals surface area contributed by atoms with Gasteiger partial charge in [-0.05, 0) is 30.7 Å². The SMILES string of the molecule is CCCCCCCCCCC(C)[S+](C)CC(=O)c1ccccc1. The van der Waals surface area contributed by atoms with Crippen molar-refractivity contribution in [1.82, 2.24) is 0 Å². The highest BCUT2D eigenvalue weighted by Crippen LogP contribution is 2.16. The fraction of sp³-hybridized carbons (Fsp3) is 0.667. The van der Waals surface area contributed by atoms with Crippen LogP contribution in [0, 0.1) is 0 Å². The van der Waals surface area contributed by atoms with Crippen molar-refractivity contribution in [2.24, 2.45) is 0 Å². The van der Waals surface area contributed by atoms with E-state index < -0.39 is 0 Å². The zero-order chi connectivity index (χ0) is 16.9. The Morgan fingerprint density at radius 1 is 0.957 bits per heavy atom. The minimum Gasteiger partial charge on any atom is -0.289 e. The van der Waals surface area contributed by atoms with Gasteiger partial charge in [0.2, 0.25) is 5.78 Å². The lowest BCUT2D eigenvalue weighted by Gasteiger charge is -2.11. The smallest absolute Gasteiger partial charge is 0.211 e. The molecule has 1 nitrogen and oxygen atoms in total. The molecule has 1 rings (SSSR count). The molecule has 1 aromatic carbocycles. The van der Waals surface area contributed by atoms with Crippen LogP contribution in [0.2, 0.25) is 0 Å². The van der Waals surface area contributed by atoms with Crippen molar-refractivity contribution in [3.05, 3.63) is 35.9 Å². The third-order valence-corrected chi connectivity index (χ3v) is 6.93. The zero-order valence-electron chi connectivity index (χ0n) is 15.4. The number of unbranched alkanes of at least 4 members (excludes halogenated alkanes) is 7. The highest BCUT2D eigenvalue weighted by molar-refractivity contribution is 7.97. The molecule has 2 atom stereocenters. The standard InChI is InChI=1S/C21H35OS/c1-4-5-6-7-8-9-10-12-15-19(2)23(3)18-21(22)20-16-13-11-14-17-20/h11,13-14,16-17,19H,4-10,12,15,18H2,1-3H3/q+1. The summed E-state index contributed by atoms with van der Waals surface area (Å²) in [7, 11) is 0.194. The van der Waals surface area contributed by atoms with Gasteiger partial charge in [-0.2, -0.15) is 0 Å². The van der Waals surface area contributed by atoms with Gasteiger partial charge in [0.25, 0.3) is 0 Å². The Hall–Kier alpha value is -0.760. The average Bonchev–Trinajstić information content (AvgIpc) is 2.57. The molecule has 1 aromatic rings. The van der Waals surface area contributed by atoms with Crippen molar-refractivity contribution >= 4 is 16.7 Å². The molecule has 23 heavy (non-hydrogen) atoms. The predicted molar refractivity (Wildman–Crippen MR) is 106 cm³/mol. The number of rotatable bonds is 13. The Bertz CT molecular complexity index is 415. The van der Waals surface area contributed by atoms with Crippen molar-refractivity contribution < 1.29 is 4.79 Å². The van der Waals surface area contributed by atoms with Gasteiger partial charge in [-0.1, -0.05) is 82.2 Å². The van der Waals surface area contributed by atoms with Gasteiger partial charge in [0.1, 0.15) is 5.25 Å². The van der Waals surface area contributed by atoms with Crippen LogP contribution in [0.1, 0.15) is 82.0 Å². The van der Waals surface area contributed by atoms with E-state index >= 15 is 0 Å². The Morgan fingerprint density at radius 3 is 2.13 bits per heavy atom. The van der Waals surface area contributed by atoms with Crippen LogP contribution in [0.5, 0.6) is 0 Å². The Labute approximate surface area is 146 Å². The van der Waals surface area contributed by atoms with Crippen molar-refractivity contribution in [2.45, 2.75) is 76.9 Å².